The molecule has 2 bridgehead atoms. The van der Waals surface area contributed by atoms with Gasteiger partial charge < -0.3 is 19.2 Å². The molecule has 1 spiro atoms. The number of nitrogens with one attached hydrogen (secondary N) is 2. The summed E-state index contributed by atoms with van der Waals surface area (Å²) >= 11 is 0. The number of halogens is 2. The zero-order valence-corrected chi connectivity index (χ0v) is 38.9. The van der Waals surface area contributed by atoms with Gasteiger partial charge in [-0.25, -0.2) is 13.8 Å². The first kappa shape index (κ1) is 44.6. The van der Waals surface area contributed by atoms with Crippen molar-refractivity contribution in [2.45, 2.75) is 85.2 Å². The molecule has 0 aliphatic carbocycles. The molecule has 4 fully saturated rings. The number of anilines is 2. The minimum Gasteiger partial charge on any atom is -0.370 e. The molecule has 352 valence electrons. The Bertz CT molecular complexity index is 2780. The Balaban J connectivity index is 0.780. The Morgan fingerprint density at radius 2 is 1.70 bits per heavy atom. The third-order valence-corrected chi connectivity index (χ3v) is 15.0. The van der Waals surface area contributed by atoms with E-state index in [-0.39, 0.29) is 47.5 Å². The Hall–Kier alpha value is -6.23. The molecule has 0 radical (unpaired) electrons. The minimum absolute atomic E-state index is 0.0232. The van der Waals surface area contributed by atoms with Crippen molar-refractivity contribution in [1.29, 1.82) is 0 Å². The van der Waals surface area contributed by atoms with Crippen LogP contribution in [0.25, 0.3) is 22.4 Å². The van der Waals surface area contributed by atoms with Crippen molar-refractivity contribution in [2.24, 2.45) is 29.7 Å². The summed E-state index contributed by atoms with van der Waals surface area (Å²) in [6.45, 7) is 14.1. The fourth-order valence-electron chi connectivity index (χ4n) is 11.2. The third-order valence-electron chi connectivity index (χ3n) is 15.0. The van der Waals surface area contributed by atoms with Gasteiger partial charge in [0.25, 0.3) is 5.91 Å². The fourth-order valence-corrected chi connectivity index (χ4v) is 11.2. The minimum atomic E-state index is -1.07. The molecule has 4 saturated heterocycles. The number of piperidine rings is 2. The topological polar surface area (TPSA) is 151 Å². The van der Waals surface area contributed by atoms with Gasteiger partial charge in [-0.2, -0.15) is 0 Å². The highest BCUT2D eigenvalue weighted by Gasteiger charge is 2.52. The molecule has 5 aromatic rings. The number of aryl methyl sites for hydroxylation is 2. The molecule has 5 aliphatic heterocycles. The number of likely N-dealkylation sites (tertiary alicyclic amines) is 2. The van der Waals surface area contributed by atoms with Gasteiger partial charge in [0.15, 0.2) is 18.9 Å². The number of rotatable bonds is 5. The van der Waals surface area contributed by atoms with E-state index in [0.717, 1.165) is 67.7 Å². The quantitative estimate of drug-likeness (QED) is 0.172. The lowest BCUT2D eigenvalue weighted by molar-refractivity contribution is -0.777. The highest BCUT2D eigenvalue weighted by Crippen LogP contribution is 2.45. The molecule has 10 rings (SSSR count). The third kappa shape index (κ3) is 8.55. The maximum Gasteiger partial charge on any atom is 0.258 e. The molecule has 17 heteroatoms. The van der Waals surface area contributed by atoms with E-state index in [1.54, 1.807) is 17.0 Å². The van der Waals surface area contributed by atoms with Crippen LogP contribution in [0.3, 0.4) is 0 Å². The van der Waals surface area contributed by atoms with Gasteiger partial charge in [0.2, 0.25) is 23.7 Å². The molecule has 15 nitrogen and oxygen atoms in total. The lowest BCUT2D eigenvalue weighted by atomic mass is 9.70. The molecule has 5 aliphatic rings. The fraction of sp³-hybridized carbons (Fsp3) is 0.500. The maximum atomic E-state index is 15.5. The van der Waals surface area contributed by atoms with Crippen LogP contribution in [0.15, 0.2) is 54.7 Å². The number of hydrogen-bond donors (Lipinski definition) is 2. The Labute approximate surface area is 388 Å². The average Bonchev–Trinajstić information content (AvgIpc) is 3.92. The van der Waals surface area contributed by atoms with E-state index < -0.39 is 34.8 Å². The van der Waals surface area contributed by atoms with Crippen LogP contribution in [0.4, 0.5) is 20.4 Å². The lowest BCUT2D eigenvalue weighted by Crippen LogP contribution is -2.63. The molecule has 3 atom stereocenters. The normalized spacial score (nSPS) is 23.1. The number of amides is 4. The number of carbonyl (C=O) groups is 4. The predicted molar refractivity (Wildman–Crippen MR) is 246 cm³/mol. The van der Waals surface area contributed by atoms with Crippen LogP contribution in [-0.4, -0.2) is 98.7 Å². The van der Waals surface area contributed by atoms with Crippen LogP contribution in [0, 0.1) is 41.2 Å². The summed E-state index contributed by atoms with van der Waals surface area (Å²) in [7, 11) is 1.92. The number of fused-ring (bicyclic) bond motifs is 7. The van der Waals surface area contributed by atoms with Gasteiger partial charge in [-0.15, -0.1) is 0 Å². The van der Waals surface area contributed by atoms with Gasteiger partial charge in [0.1, 0.15) is 18.2 Å². The number of benzene rings is 2. The summed E-state index contributed by atoms with van der Waals surface area (Å²) in [5.41, 5.74) is 5.23. The van der Waals surface area contributed by atoms with E-state index in [0.29, 0.717) is 62.2 Å². The second-order valence-electron chi connectivity index (χ2n) is 20.6. The first-order chi connectivity index (χ1) is 32.0. The molecule has 4 amide bonds. The second kappa shape index (κ2) is 17.1. The van der Waals surface area contributed by atoms with E-state index in [9.17, 15) is 19.2 Å². The van der Waals surface area contributed by atoms with Crippen molar-refractivity contribution in [2.75, 3.05) is 56.1 Å². The van der Waals surface area contributed by atoms with Gasteiger partial charge in [-0.05, 0) is 105 Å². The van der Waals surface area contributed by atoms with Gasteiger partial charge >= 0.3 is 0 Å². The van der Waals surface area contributed by atoms with E-state index in [1.807, 2.05) is 60.6 Å². The van der Waals surface area contributed by atoms with Crippen LogP contribution >= 0.6 is 0 Å². The van der Waals surface area contributed by atoms with Crippen molar-refractivity contribution in [3.05, 3.63) is 88.7 Å². The van der Waals surface area contributed by atoms with Crippen molar-refractivity contribution in [1.82, 2.24) is 34.5 Å². The lowest BCUT2D eigenvalue weighted by Gasteiger charge is -2.55. The summed E-state index contributed by atoms with van der Waals surface area (Å²) in [5, 5.41) is 5.33. The van der Waals surface area contributed by atoms with Crippen molar-refractivity contribution in [3.63, 3.8) is 0 Å². The Morgan fingerprint density at radius 1 is 0.940 bits per heavy atom. The summed E-state index contributed by atoms with van der Waals surface area (Å²) in [5.74, 6) is -3.59. The number of imidazole rings is 1. The predicted octanol–water partition coefficient (Wildman–Crippen LogP) is 5.53. The molecule has 8 heterocycles. The monoisotopic (exact) mass is 917 g/mol. The second-order valence-corrected chi connectivity index (χ2v) is 20.6. The summed E-state index contributed by atoms with van der Waals surface area (Å²) in [6, 6.07) is 14.4. The molecule has 0 saturated carbocycles. The van der Waals surface area contributed by atoms with Crippen molar-refractivity contribution < 1.29 is 37.5 Å². The molecular weight excluding hydrogens is 859 g/mol. The summed E-state index contributed by atoms with van der Waals surface area (Å²) < 4.78 is 35.0. The van der Waals surface area contributed by atoms with Crippen LogP contribution in [0.2, 0.25) is 0 Å². The number of pyridine rings is 1. The van der Waals surface area contributed by atoms with E-state index >= 15 is 8.78 Å². The van der Waals surface area contributed by atoms with Crippen LogP contribution in [0.1, 0.15) is 92.4 Å². The van der Waals surface area contributed by atoms with Crippen molar-refractivity contribution in [3.8, 4) is 11.4 Å². The smallest absolute Gasteiger partial charge is 0.258 e. The summed E-state index contributed by atoms with van der Waals surface area (Å²) in [4.78, 5) is 76.0. The van der Waals surface area contributed by atoms with Gasteiger partial charge in [-0.1, -0.05) is 31.5 Å². The number of hydrogen-bond acceptors (Lipinski definition) is 9. The van der Waals surface area contributed by atoms with Gasteiger partial charge in [0, 0.05) is 84.5 Å². The molecule has 3 aromatic heterocycles. The zero-order chi connectivity index (χ0) is 46.9. The zero-order valence-electron chi connectivity index (χ0n) is 38.9. The molecule has 0 unspecified atom stereocenters. The highest BCUT2D eigenvalue weighted by atomic mass is 19.1. The maximum absolute atomic E-state index is 15.5. The SMILES string of the molecule is Cc1cc2cc(n1)-c1cc[n+](C)n1OCCC[C@@H](C)Cn1c(nc3ccc(CN4CCC5(CC4)CN(C(=O)[C@H]4CN(c6cc(F)c([C@H]7CCC(=O)NC7=O)c(F)c6)CC4(C)C)C5)cc31)NC2=O. The number of imide groups is 1. The number of nitrogens with zero attached hydrogens (tertiary/aromatic N) is 8. The molecule has 2 aromatic carbocycles. The molecular formula is C50H59F2N10O5+. The first-order valence-electron chi connectivity index (χ1n) is 23.6. The summed E-state index contributed by atoms with van der Waals surface area (Å²) in [6.07, 6.45) is 5.71. The van der Waals surface area contributed by atoms with Crippen LogP contribution < -0.4 is 25.1 Å². The standard InChI is InChI=1S/C50H58F2N10O5/c1-30-7-6-18-67-62-41(12-15-57(62)5)40-21-33(19-31(2)53-40)45(64)56-48-54-39-10-8-32(20-42(39)61(48)24-30)25-58-16-13-50(14-17-58)28-60(29-50)47(66)36-26-59(27-49(36,3)4)34-22-37(51)44(38(52)23-34)35-9-11-43(63)55-46(35)65/h8,10,12,15,19-23,30,35-36H,6-7,9,11,13-14,16-18,24-29H2,1-5H3,(H-,54,55,56,63,64,65)/p+1/t30-,35-,36-/m1/s1. The average molecular weight is 918 g/mol. The van der Waals surface area contributed by atoms with Gasteiger partial charge in [0.05, 0.1) is 28.6 Å². The number of aromatic nitrogens is 5. The molecule has 2 N–H and O–H groups in total. The van der Waals surface area contributed by atoms with Crippen molar-refractivity contribution >= 4 is 46.3 Å². The Morgan fingerprint density at radius 3 is 2.45 bits per heavy atom. The molecule has 67 heavy (non-hydrogen) atoms. The van der Waals surface area contributed by atoms with E-state index in [2.05, 4.69) is 39.2 Å². The van der Waals surface area contributed by atoms with Crippen LogP contribution in [-0.2, 0) is 34.5 Å². The van der Waals surface area contributed by atoms with Crippen LogP contribution in [0.5, 0.6) is 0 Å². The first-order valence-corrected chi connectivity index (χ1v) is 23.6. The van der Waals surface area contributed by atoms with Gasteiger partial charge in [-0.3, -0.25) is 39.7 Å². The number of carbonyl (C=O) groups excluding carboxylic acids is 4. The van der Waals surface area contributed by atoms with E-state index in [4.69, 9.17) is 14.8 Å². The van der Waals surface area contributed by atoms with E-state index in [1.165, 1.54) is 17.7 Å². The largest absolute Gasteiger partial charge is 0.370 e. The Kier molecular flexibility index (Phi) is 11.4. The highest BCUT2D eigenvalue weighted by molar-refractivity contribution is 6.05.